The maximum atomic E-state index is 12.1. The summed E-state index contributed by atoms with van der Waals surface area (Å²) in [5.41, 5.74) is 2.20. The van der Waals surface area contributed by atoms with Crippen molar-refractivity contribution < 1.29 is 13.2 Å². The van der Waals surface area contributed by atoms with Crippen molar-refractivity contribution in [2.45, 2.75) is 24.7 Å². The van der Waals surface area contributed by atoms with E-state index in [2.05, 4.69) is 4.72 Å². The molecule has 0 bridgehead atoms. The Balaban J connectivity index is 1.83. The van der Waals surface area contributed by atoms with E-state index in [0.717, 1.165) is 29.7 Å². The Morgan fingerprint density at radius 2 is 1.64 bits per heavy atom. The molecule has 2 aromatic carbocycles. The van der Waals surface area contributed by atoms with Gasteiger partial charge in [0.15, 0.2) is 0 Å². The molecule has 5 heteroatoms. The van der Waals surface area contributed by atoms with Crippen LogP contribution in [-0.4, -0.2) is 22.1 Å². The molecular weight excluding hydrogens is 298 g/mol. The van der Waals surface area contributed by atoms with E-state index in [-0.39, 0.29) is 0 Å². The van der Waals surface area contributed by atoms with Crippen LogP contribution in [0.5, 0.6) is 5.75 Å². The first-order valence-corrected chi connectivity index (χ1v) is 8.69. The molecule has 0 aliphatic heterocycles. The molecular formula is C17H21NO3S. The van der Waals surface area contributed by atoms with Crippen LogP contribution in [0.2, 0.25) is 0 Å². The van der Waals surface area contributed by atoms with Gasteiger partial charge in [-0.2, -0.15) is 0 Å². The minimum Gasteiger partial charge on any atom is -0.497 e. The van der Waals surface area contributed by atoms with Gasteiger partial charge in [0.2, 0.25) is 10.0 Å². The Kier molecular flexibility index (Phi) is 5.57. The average Bonchev–Trinajstić information content (AvgIpc) is 2.52. The van der Waals surface area contributed by atoms with Crippen molar-refractivity contribution in [2.24, 2.45) is 0 Å². The molecule has 4 nitrogen and oxygen atoms in total. The van der Waals surface area contributed by atoms with Crippen molar-refractivity contribution in [3.8, 4) is 5.75 Å². The van der Waals surface area contributed by atoms with Gasteiger partial charge in [-0.3, -0.25) is 0 Å². The van der Waals surface area contributed by atoms with Crippen molar-refractivity contribution >= 4 is 10.0 Å². The lowest BCUT2D eigenvalue weighted by atomic mass is 10.1. The first kappa shape index (κ1) is 16.5. The summed E-state index contributed by atoms with van der Waals surface area (Å²) in [5.74, 6) is 0.823. The average molecular weight is 319 g/mol. The third kappa shape index (κ3) is 4.58. The molecule has 0 aliphatic rings. The zero-order chi connectivity index (χ0) is 16.0. The second-order valence-electron chi connectivity index (χ2n) is 5.16. The van der Waals surface area contributed by atoms with E-state index in [0.29, 0.717) is 11.4 Å². The molecule has 22 heavy (non-hydrogen) atoms. The molecule has 2 rings (SSSR count). The number of benzene rings is 2. The lowest BCUT2D eigenvalue weighted by Crippen LogP contribution is -2.25. The van der Waals surface area contributed by atoms with Gasteiger partial charge in [-0.25, -0.2) is 13.1 Å². The topological polar surface area (TPSA) is 55.4 Å². The third-order valence-corrected chi connectivity index (χ3v) is 4.90. The molecule has 0 saturated heterocycles. The summed E-state index contributed by atoms with van der Waals surface area (Å²) in [5, 5.41) is 0. The summed E-state index contributed by atoms with van der Waals surface area (Å²) in [6.07, 6.45) is 1.57. The first-order valence-electron chi connectivity index (χ1n) is 7.20. The molecule has 0 aromatic heterocycles. The summed E-state index contributed by atoms with van der Waals surface area (Å²) in [7, 11) is -1.78. The van der Waals surface area contributed by atoms with E-state index < -0.39 is 10.0 Å². The minimum atomic E-state index is -3.41. The molecule has 0 atom stereocenters. The fraction of sp³-hybridized carbons (Fsp3) is 0.294. The van der Waals surface area contributed by atoms with Gasteiger partial charge in [0.1, 0.15) is 5.75 Å². The lowest BCUT2D eigenvalue weighted by molar-refractivity contribution is 0.414. The Morgan fingerprint density at radius 1 is 1.00 bits per heavy atom. The SMILES string of the molecule is COc1ccc(CCCNS(=O)(=O)c2ccc(C)cc2)cc1. The molecule has 0 aliphatic carbocycles. The Hall–Kier alpha value is -1.85. The van der Waals surface area contributed by atoms with E-state index in [4.69, 9.17) is 4.74 Å². The summed E-state index contributed by atoms with van der Waals surface area (Å²) < 4.78 is 32.0. The maximum absolute atomic E-state index is 12.1. The van der Waals surface area contributed by atoms with E-state index in [1.807, 2.05) is 31.2 Å². The predicted octanol–water partition coefficient (Wildman–Crippen LogP) is 2.91. The largest absolute Gasteiger partial charge is 0.497 e. The molecule has 0 heterocycles. The lowest BCUT2D eigenvalue weighted by Gasteiger charge is -2.07. The van der Waals surface area contributed by atoms with Gasteiger partial charge < -0.3 is 4.74 Å². The fourth-order valence-electron chi connectivity index (χ4n) is 2.09. The van der Waals surface area contributed by atoms with Gasteiger partial charge in [-0.05, 0) is 49.6 Å². The number of methoxy groups -OCH3 is 1. The number of aryl methyl sites for hydroxylation is 2. The van der Waals surface area contributed by atoms with Gasteiger partial charge in [-0.15, -0.1) is 0 Å². The van der Waals surface area contributed by atoms with E-state index in [9.17, 15) is 8.42 Å². The summed E-state index contributed by atoms with van der Waals surface area (Å²) in [4.78, 5) is 0.308. The molecule has 0 fully saturated rings. The van der Waals surface area contributed by atoms with Gasteiger partial charge in [0, 0.05) is 6.54 Å². The molecule has 1 N–H and O–H groups in total. The van der Waals surface area contributed by atoms with E-state index in [1.54, 1.807) is 31.4 Å². The molecule has 0 saturated carbocycles. The highest BCUT2D eigenvalue weighted by Crippen LogP contribution is 2.13. The summed E-state index contributed by atoms with van der Waals surface area (Å²) >= 11 is 0. The van der Waals surface area contributed by atoms with Gasteiger partial charge in [0.25, 0.3) is 0 Å². The van der Waals surface area contributed by atoms with Crippen LogP contribution in [0.25, 0.3) is 0 Å². The second-order valence-corrected chi connectivity index (χ2v) is 6.93. The minimum absolute atomic E-state index is 0.308. The van der Waals surface area contributed by atoms with E-state index in [1.165, 1.54) is 0 Å². The second kappa shape index (κ2) is 7.42. The van der Waals surface area contributed by atoms with Crippen LogP contribution in [0.4, 0.5) is 0 Å². The summed E-state index contributed by atoms with van der Waals surface area (Å²) in [6, 6.07) is 14.7. The Bertz CT molecular complexity index is 692. The normalized spacial score (nSPS) is 11.4. The molecule has 0 amide bonds. The van der Waals surface area contributed by atoms with Crippen LogP contribution in [0.1, 0.15) is 17.5 Å². The molecule has 0 unspecified atom stereocenters. The monoisotopic (exact) mass is 319 g/mol. The smallest absolute Gasteiger partial charge is 0.240 e. The number of hydrogen-bond donors (Lipinski definition) is 1. The number of ether oxygens (including phenoxy) is 1. The number of nitrogens with one attached hydrogen (secondary N) is 1. The Morgan fingerprint density at radius 3 is 2.23 bits per heavy atom. The van der Waals surface area contributed by atoms with Crippen LogP contribution in [0.15, 0.2) is 53.4 Å². The van der Waals surface area contributed by atoms with Crippen LogP contribution in [0.3, 0.4) is 0 Å². The van der Waals surface area contributed by atoms with Crippen molar-refractivity contribution in [1.29, 1.82) is 0 Å². The fourth-order valence-corrected chi connectivity index (χ4v) is 3.17. The van der Waals surface area contributed by atoms with Crippen molar-refractivity contribution in [2.75, 3.05) is 13.7 Å². The highest BCUT2D eigenvalue weighted by Gasteiger charge is 2.12. The van der Waals surface area contributed by atoms with Crippen molar-refractivity contribution in [3.05, 3.63) is 59.7 Å². The van der Waals surface area contributed by atoms with Gasteiger partial charge >= 0.3 is 0 Å². The van der Waals surface area contributed by atoms with Crippen LogP contribution >= 0.6 is 0 Å². The standard InChI is InChI=1S/C17H21NO3S/c1-14-5-11-17(12-6-14)22(19,20)18-13-3-4-15-7-9-16(21-2)10-8-15/h5-12,18H,3-4,13H2,1-2H3. The van der Waals surface area contributed by atoms with Gasteiger partial charge in [-0.1, -0.05) is 29.8 Å². The highest BCUT2D eigenvalue weighted by atomic mass is 32.2. The number of sulfonamides is 1. The molecule has 0 spiro atoms. The van der Waals surface area contributed by atoms with Crippen molar-refractivity contribution in [1.82, 2.24) is 4.72 Å². The van der Waals surface area contributed by atoms with Crippen LogP contribution < -0.4 is 9.46 Å². The van der Waals surface area contributed by atoms with Crippen molar-refractivity contribution in [3.63, 3.8) is 0 Å². The maximum Gasteiger partial charge on any atom is 0.240 e. The Labute approximate surface area is 132 Å². The number of rotatable bonds is 7. The first-order chi connectivity index (χ1) is 10.5. The molecule has 118 valence electrons. The number of hydrogen-bond acceptors (Lipinski definition) is 3. The zero-order valence-corrected chi connectivity index (χ0v) is 13.7. The quantitative estimate of drug-likeness (QED) is 0.798. The predicted molar refractivity (Wildman–Crippen MR) is 87.7 cm³/mol. The molecule has 0 radical (unpaired) electrons. The van der Waals surface area contributed by atoms with Gasteiger partial charge in [0.05, 0.1) is 12.0 Å². The summed E-state index contributed by atoms with van der Waals surface area (Å²) in [6.45, 7) is 2.35. The molecule has 2 aromatic rings. The van der Waals surface area contributed by atoms with Crippen LogP contribution in [-0.2, 0) is 16.4 Å². The van der Waals surface area contributed by atoms with Crippen LogP contribution in [0, 0.1) is 6.92 Å². The third-order valence-electron chi connectivity index (χ3n) is 3.42. The zero-order valence-electron chi connectivity index (χ0n) is 12.9. The van der Waals surface area contributed by atoms with E-state index >= 15 is 0 Å². The highest BCUT2D eigenvalue weighted by molar-refractivity contribution is 7.89.